The van der Waals surface area contributed by atoms with Crippen LogP contribution < -0.4 is 4.72 Å². The number of aliphatic hydroxyl groups is 1. The van der Waals surface area contributed by atoms with Gasteiger partial charge in [-0.25, -0.2) is 13.1 Å². The number of hydrogen-bond acceptors (Lipinski definition) is 3. The minimum Gasteiger partial charge on any atom is -0.396 e. The first-order valence-electron chi connectivity index (χ1n) is 6.29. The second-order valence-corrected chi connectivity index (χ2v) is 7.27. The normalized spacial score (nSPS) is 13.5. The number of nitrogens with one attached hydrogen (secondary N) is 1. The molecule has 0 aliphatic rings. The van der Waals surface area contributed by atoms with Gasteiger partial charge in [0.1, 0.15) is 4.90 Å². The van der Waals surface area contributed by atoms with E-state index in [1.807, 2.05) is 0 Å². The second kappa shape index (κ2) is 7.09. The van der Waals surface area contributed by atoms with Crippen LogP contribution in [0, 0.1) is 13.8 Å². The van der Waals surface area contributed by atoms with E-state index in [2.05, 4.69) is 4.72 Å². The topological polar surface area (TPSA) is 66.4 Å². The Bertz CT molecular complexity index is 562. The van der Waals surface area contributed by atoms with E-state index in [0.29, 0.717) is 29.0 Å². The first-order chi connectivity index (χ1) is 9.20. The molecule has 0 bridgehead atoms. The van der Waals surface area contributed by atoms with Crippen LogP contribution in [0.5, 0.6) is 0 Å². The molecule has 114 valence electrons. The Labute approximate surface area is 130 Å². The van der Waals surface area contributed by atoms with Crippen LogP contribution in [0.15, 0.2) is 11.0 Å². The largest absolute Gasteiger partial charge is 0.396 e. The second-order valence-electron chi connectivity index (χ2n) is 4.83. The van der Waals surface area contributed by atoms with Crippen LogP contribution in [0.25, 0.3) is 0 Å². The molecule has 0 aliphatic carbocycles. The van der Waals surface area contributed by atoms with Crippen molar-refractivity contribution in [3.05, 3.63) is 27.2 Å². The first kappa shape index (κ1) is 17.7. The quantitative estimate of drug-likeness (QED) is 0.836. The molecule has 4 nitrogen and oxygen atoms in total. The van der Waals surface area contributed by atoms with Crippen LogP contribution in [0.1, 0.15) is 30.9 Å². The van der Waals surface area contributed by atoms with Gasteiger partial charge in [0.2, 0.25) is 10.0 Å². The van der Waals surface area contributed by atoms with Crippen LogP contribution in [-0.4, -0.2) is 26.2 Å². The zero-order valence-electron chi connectivity index (χ0n) is 11.7. The van der Waals surface area contributed by atoms with E-state index in [0.717, 1.165) is 0 Å². The fourth-order valence-corrected chi connectivity index (χ4v) is 4.40. The van der Waals surface area contributed by atoms with E-state index in [4.69, 9.17) is 28.3 Å². The lowest BCUT2D eigenvalue weighted by atomic mass is 10.2. The summed E-state index contributed by atoms with van der Waals surface area (Å²) >= 11 is 12.2. The van der Waals surface area contributed by atoms with Crippen LogP contribution in [0.3, 0.4) is 0 Å². The molecule has 1 rings (SSSR count). The third-order valence-electron chi connectivity index (χ3n) is 3.01. The Morgan fingerprint density at radius 1 is 1.35 bits per heavy atom. The van der Waals surface area contributed by atoms with Crippen molar-refractivity contribution in [3.8, 4) is 0 Å². The van der Waals surface area contributed by atoms with Crippen molar-refractivity contribution in [3.63, 3.8) is 0 Å². The van der Waals surface area contributed by atoms with E-state index in [1.165, 1.54) is 0 Å². The zero-order valence-corrected chi connectivity index (χ0v) is 14.0. The van der Waals surface area contributed by atoms with Crippen molar-refractivity contribution in [1.82, 2.24) is 4.72 Å². The van der Waals surface area contributed by atoms with E-state index in [1.54, 1.807) is 26.8 Å². The molecule has 0 saturated heterocycles. The van der Waals surface area contributed by atoms with Gasteiger partial charge in [-0.2, -0.15) is 0 Å². The predicted octanol–water partition coefficient (Wildman–Crippen LogP) is 3.05. The number of halogens is 2. The van der Waals surface area contributed by atoms with Crippen molar-refractivity contribution < 1.29 is 13.5 Å². The number of aliphatic hydroxyl groups excluding tert-OH is 1. The molecule has 20 heavy (non-hydrogen) atoms. The van der Waals surface area contributed by atoms with Crippen molar-refractivity contribution >= 4 is 33.2 Å². The van der Waals surface area contributed by atoms with Gasteiger partial charge >= 0.3 is 0 Å². The highest BCUT2D eigenvalue weighted by Gasteiger charge is 2.25. The SMILES string of the molecule is Cc1cc(Cl)c(C)c(S(=O)(=O)NC(C)CCCO)c1Cl. The highest BCUT2D eigenvalue weighted by atomic mass is 35.5. The van der Waals surface area contributed by atoms with Gasteiger partial charge in [-0.1, -0.05) is 23.2 Å². The molecular weight excluding hydrogens is 321 g/mol. The lowest BCUT2D eigenvalue weighted by Crippen LogP contribution is -2.33. The predicted molar refractivity (Wildman–Crippen MR) is 82.0 cm³/mol. The summed E-state index contributed by atoms with van der Waals surface area (Å²) in [4.78, 5) is 0.0278. The summed E-state index contributed by atoms with van der Waals surface area (Å²) in [6.45, 7) is 5.11. The van der Waals surface area contributed by atoms with Gasteiger partial charge in [-0.05, 0) is 50.8 Å². The lowest BCUT2D eigenvalue weighted by Gasteiger charge is -2.17. The number of aryl methyl sites for hydroxylation is 1. The van der Waals surface area contributed by atoms with Gasteiger partial charge < -0.3 is 5.11 Å². The fraction of sp³-hybridized carbons (Fsp3) is 0.538. The molecule has 0 heterocycles. The van der Waals surface area contributed by atoms with E-state index in [9.17, 15) is 8.42 Å². The molecule has 0 amide bonds. The average Bonchev–Trinajstić information content (AvgIpc) is 2.33. The van der Waals surface area contributed by atoms with Gasteiger partial charge in [0, 0.05) is 17.7 Å². The Morgan fingerprint density at radius 2 is 1.95 bits per heavy atom. The minimum atomic E-state index is -3.74. The maximum absolute atomic E-state index is 12.4. The Hall–Kier alpha value is -0.330. The van der Waals surface area contributed by atoms with Crippen molar-refractivity contribution in [2.75, 3.05) is 6.61 Å². The molecule has 2 N–H and O–H groups in total. The molecule has 0 saturated carbocycles. The van der Waals surface area contributed by atoms with Crippen LogP contribution in [0.4, 0.5) is 0 Å². The number of hydrogen-bond donors (Lipinski definition) is 2. The highest BCUT2D eigenvalue weighted by molar-refractivity contribution is 7.89. The van der Waals surface area contributed by atoms with Gasteiger partial charge in [0.25, 0.3) is 0 Å². The fourth-order valence-electron chi connectivity index (χ4n) is 1.91. The maximum Gasteiger partial charge on any atom is 0.242 e. The molecule has 0 radical (unpaired) electrons. The van der Waals surface area contributed by atoms with Gasteiger partial charge in [-0.3, -0.25) is 0 Å². The highest BCUT2D eigenvalue weighted by Crippen LogP contribution is 2.33. The van der Waals surface area contributed by atoms with Gasteiger partial charge in [0.15, 0.2) is 0 Å². The van der Waals surface area contributed by atoms with E-state index in [-0.39, 0.29) is 22.6 Å². The van der Waals surface area contributed by atoms with Gasteiger partial charge in [-0.15, -0.1) is 0 Å². The molecule has 1 unspecified atom stereocenters. The van der Waals surface area contributed by atoms with Crippen molar-refractivity contribution in [2.24, 2.45) is 0 Å². The number of sulfonamides is 1. The van der Waals surface area contributed by atoms with Crippen molar-refractivity contribution in [1.29, 1.82) is 0 Å². The molecule has 1 atom stereocenters. The van der Waals surface area contributed by atoms with Crippen LogP contribution >= 0.6 is 23.2 Å². The average molecular weight is 340 g/mol. The molecule has 1 aromatic carbocycles. The Balaban J connectivity index is 3.16. The molecule has 0 spiro atoms. The molecular formula is C13H19Cl2NO3S. The maximum atomic E-state index is 12.4. The summed E-state index contributed by atoms with van der Waals surface area (Å²) in [5.74, 6) is 0. The van der Waals surface area contributed by atoms with E-state index < -0.39 is 10.0 Å². The van der Waals surface area contributed by atoms with Crippen LogP contribution in [-0.2, 0) is 10.0 Å². The third-order valence-corrected chi connectivity index (χ3v) is 5.76. The summed E-state index contributed by atoms with van der Waals surface area (Å²) in [5.41, 5.74) is 1.05. The monoisotopic (exact) mass is 339 g/mol. The summed E-state index contributed by atoms with van der Waals surface area (Å²) in [7, 11) is -3.74. The molecule has 0 aliphatic heterocycles. The standard InChI is InChI=1S/C13H19Cl2NO3S/c1-8-7-11(14)10(3)13(12(8)15)20(18,19)16-9(2)5-4-6-17/h7,9,16-17H,4-6H2,1-3H3. The summed E-state index contributed by atoms with van der Waals surface area (Å²) in [6.07, 6.45) is 1.08. The molecule has 0 aromatic heterocycles. The van der Waals surface area contributed by atoms with Crippen LogP contribution in [0.2, 0.25) is 10.0 Å². The minimum absolute atomic E-state index is 0.0278. The lowest BCUT2D eigenvalue weighted by molar-refractivity contribution is 0.279. The van der Waals surface area contributed by atoms with Crippen molar-refractivity contribution in [2.45, 2.75) is 44.6 Å². The summed E-state index contributed by atoms with van der Waals surface area (Å²) in [5, 5.41) is 9.34. The summed E-state index contributed by atoms with van der Waals surface area (Å²) in [6, 6.07) is 1.36. The number of rotatable bonds is 6. The molecule has 0 fully saturated rings. The molecule has 1 aromatic rings. The smallest absolute Gasteiger partial charge is 0.242 e. The number of benzene rings is 1. The van der Waals surface area contributed by atoms with E-state index >= 15 is 0 Å². The first-order valence-corrected chi connectivity index (χ1v) is 8.53. The Morgan fingerprint density at radius 3 is 2.50 bits per heavy atom. The van der Waals surface area contributed by atoms with Gasteiger partial charge in [0.05, 0.1) is 5.02 Å². The third kappa shape index (κ3) is 4.09. The zero-order chi connectivity index (χ0) is 15.5. The molecule has 7 heteroatoms. The Kier molecular flexibility index (Phi) is 6.28. The summed E-state index contributed by atoms with van der Waals surface area (Å²) < 4.78 is 27.4.